The fraction of sp³-hybridized carbons (Fsp3) is 0. The lowest BCUT2D eigenvalue weighted by Gasteiger charge is -2.00. The van der Waals surface area contributed by atoms with E-state index in [-0.39, 0.29) is 0 Å². The van der Waals surface area contributed by atoms with E-state index in [9.17, 15) is 4.79 Å². The van der Waals surface area contributed by atoms with Crippen molar-refractivity contribution in [1.29, 1.82) is 0 Å². The molecule has 0 radical (unpaired) electrons. The minimum Gasteiger partial charge on any atom is -0.288 e. The van der Waals surface area contributed by atoms with E-state index >= 15 is 0 Å². The number of amides is 1. The molecule has 1 heterocycles. The smallest absolute Gasteiger partial charge is 0.267 e. The molecular formula is C12H10N2O2. The summed E-state index contributed by atoms with van der Waals surface area (Å²) in [6.45, 7) is 0. The Morgan fingerprint density at radius 1 is 1.31 bits per heavy atom. The number of aromatic nitrogens is 1. The molecule has 1 aromatic carbocycles. The summed E-state index contributed by atoms with van der Waals surface area (Å²) in [5.41, 5.74) is 3.29. The van der Waals surface area contributed by atoms with Gasteiger partial charge in [-0.05, 0) is 23.8 Å². The highest BCUT2D eigenvalue weighted by Crippen LogP contribution is 2.17. The van der Waals surface area contributed by atoms with Gasteiger partial charge in [0.05, 0.1) is 5.52 Å². The normalized spacial score (nSPS) is 10.8. The van der Waals surface area contributed by atoms with Crippen LogP contribution in [-0.2, 0) is 4.79 Å². The molecule has 16 heavy (non-hydrogen) atoms. The molecule has 1 amide bonds. The molecule has 2 aromatic rings. The summed E-state index contributed by atoms with van der Waals surface area (Å²) in [7, 11) is 0. The van der Waals surface area contributed by atoms with E-state index < -0.39 is 5.91 Å². The number of benzene rings is 1. The van der Waals surface area contributed by atoms with Crippen molar-refractivity contribution < 1.29 is 10.0 Å². The van der Waals surface area contributed by atoms with Crippen LogP contribution in [0.2, 0.25) is 0 Å². The number of hydrogen-bond donors (Lipinski definition) is 2. The van der Waals surface area contributed by atoms with Crippen LogP contribution < -0.4 is 5.48 Å². The van der Waals surface area contributed by atoms with Crippen LogP contribution in [0, 0.1) is 0 Å². The Kier molecular flexibility index (Phi) is 2.93. The summed E-state index contributed by atoms with van der Waals surface area (Å²) in [5, 5.41) is 9.33. The van der Waals surface area contributed by atoms with Gasteiger partial charge >= 0.3 is 0 Å². The van der Waals surface area contributed by atoms with Crippen LogP contribution in [0.5, 0.6) is 0 Å². The van der Waals surface area contributed by atoms with Crippen LogP contribution in [0.1, 0.15) is 5.56 Å². The van der Waals surface area contributed by atoms with Crippen LogP contribution in [-0.4, -0.2) is 16.1 Å². The first kappa shape index (κ1) is 10.3. The minimum atomic E-state index is -0.555. The monoisotopic (exact) mass is 214 g/mol. The van der Waals surface area contributed by atoms with Gasteiger partial charge in [0.15, 0.2) is 0 Å². The number of hydroxylamine groups is 1. The third-order valence-corrected chi connectivity index (χ3v) is 2.20. The standard InChI is InChI=1S/C12H10N2O2/c15-12(14-16)7-6-9-3-1-5-11-10(9)4-2-8-13-11/h1-8,16H,(H,14,15). The molecule has 0 fully saturated rings. The molecule has 2 rings (SSSR count). The summed E-state index contributed by atoms with van der Waals surface area (Å²) < 4.78 is 0. The highest BCUT2D eigenvalue weighted by atomic mass is 16.5. The number of carbonyl (C=O) groups is 1. The topological polar surface area (TPSA) is 62.2 Å². The van der Waals surface area contributed by atoms with Crippen molar-refractivity contribution >= 4 is 22.9 Å². The van der Waals surface area contributed by atoms with Gasteiger partial charge in [0.2, 0.25) is 0 Å². The number of hydrogen-bond acceptors (Lipinski definition) is 3. The molecule has 0 atom stereocenters. The number of carbonyl (C=O) groups excluding carboxylic acids is 1. The van der Waals surface area contributed by atoms with Gasteiger partial charge in [-0.2, -0.15) is 0 Å². The van der Waals surface area contributed by atoms with Gasteiger partial charge in [-0.15, -0.1) is 0 Å². The predicted molar refractivity (Wildman–Crippen MR) is 60.7 cm³/mol. The Morgan fingerprint density at radius 2 is 2.19 bits per heavy atom. The summed E-state index contributed by atoms with van der Waals surface area (Å²) in [6.07, 6.45) is 4.62. The second-order valence-electron chi connectivity index (χ2n) is 3.23. The molecule has 0 saturated carbocycles. The van der Waals surface area contributed by atoms with Crippen molar-refractivity contribution in [2.45, 2.75) is 0 Å². The first-order valence-corrected chi connectivity index (χ1v) is 4.77. The molecule has 0 bridgehead atoms. The summed E-state index contributed by atoms with van der Waals surface area (Å²) in [6, 6.07) is 9.42. The van der Waals surface area contributed by atoms with E-state index in [4.69, 9.17) is 5.21 Å². The number of nitrogens with one attached hydrogen (secondary N) is 1. The van der Waals surface area contributed by atoms with E-state index in [0.717, 1.165) is 16.5 Å². The molecule has 0 aliphatic rings. The number of rotatable bonds is 2. The van der Waals surface area contributed by atoms with E-state index in [1.54, 1.807) is 17.8 Å². The van der Waals surface area contributed by atoms with Crippen molar-refractivity contribution in [3.63, 3.8) is 0 Å². The average molecular weight is 214 g/mol. The van der Waals surface area contributed by atoms with Crippen molar-refractivity contribution in [3.05, 3.63) is 48.2 Å². The second-order valence-corrected chi connectivity index (χ2v) is 3.23. The van der Waals surface area contributed by atoms with Crippen LogP contribution in [0.3, 0.4) is 0 Å². The quantitative estimate of drug-likeness (QED) is 0.455. The van der Waals surface area contributed by atoms with Gasteiger partial charge in [0.25, 0.3) is 5.91 Å². The number of fused-ring (bicyclic) bond motifs is 1. The molecule has 1 aromatic heterocycles. The maximum absolute atomic E-state index is 10.9. The molecule has 0 aliphatic carbocycles. The Balaban J connectivity index is 2.45. The largest absolute Gasteiger partial charge is 0.288 e. The zero-order valence-corrected chi connectivity index (χ0v) is 8.42. The maximum Gasteiger partial charge on any atom is 0.267 e. The van der Waals surface area contributed by atoms with Gasteiger partial charge in [0, 0.05) is 17.7 Å². The van der Waals surface area contributed by atoms with Crippen LogP contribution in [0.15, 0.2) is 42.6 Å². The fourth-order valence-electron chi connectivity index (χ4n) is 1.48. The second kappa shape index (κ2) is 4.55. The van der Waals surface area contributed by atoms with Crippen LogP contribution >= 0.6 is 0 Å². The molecule has 0 aliphatic heterocycles. The van der Waals surface area contributed by atoms with Crippen molar-refractivity contribution in [2.24, 2.45) is 0 Å². The van der Waals surface area contributed by atoms with E-state index in [1.807, 2.05) is 30.3 Å². The highest BCUT2D eigenvalue weighted by Gasteiger charge is 1.98. The number of pyridine rings is 1. The molecule has 80 valence electrons. The zero-order valence-electron chi connectivity index (χ0n) is 8.42. The van der Waals surface area contributed by atoms with Crippen LogP contribution in [0.4, 0.5) is 0 Å². The first-order valence-electron chi connectivity index (χ1n) is 4.77. The Hall–Kier alpha value is -2.20. The fourth-order valence-corrected chi connectivity index (χ4v) is 1.48. The predicted octanol–water partition coefficient (Wildman–Crippen LogP) is 1.75. The van der Waals surface area contributed by atoms with Crippen molar-refractivity contribution in [1.82, 2.24) is 10.5 Å². The van der Waals surface area contributed by atoms with Gasteiger partial charge in [0.1, 0.15) is 0 Å². The lowest BCUT2D eigenvalue weighted by atomic mass is 10.1. The Labute approximate surface area is 92.2 Å². The zero-order chi connectivity index (χ0) is 11.4. The molecule has 0 saturated heterocycles. The SMILES string of the molecule is O=C(C=Cc1cccc2ncccc12)NO. The lowest BCUT2D eigenvalue weighted by Crippen LogP contribution is -2.14. The summed E-state index contributed by atoms with van der Waals surface area (Å²) in [5.74, 6) is -0.555. The van der Waals surface area contributed by atoms with Crippen LogP contribution in [0.25, 0.3) is 17.0 Å². The molecule has 4 heteroatoms. The average Bonchev–Trinajstić information content (AvgIpc) is 2.35. The lowest BCUT2D eigenvalue weighted by molar-refractivity contribution is -0.124. The van der Waals surface area contributed by atoms with Gasteiger partial charge in [-0.3, -0.25) is 15.0 Å². The van der Waals surface area contributed by atoms with Gasteiger partial charge < -0.3 is 0 Å². The van der Waals surface area contributed by atoms with Crippen molar-refractivity contribution in [3.8, 4) is 0 Å². The van der Waals surface area contributed by atoms with Gasteiger partial charge in [-0.1, -0.05) is 18.2 Å². The first-order chi connectivity index (χ1) is 7.81. The van der Waals surface area contributed by atoms with Crippen molar-refractivity contribution in [2.75, 3.05) is 0 Å². The van der Waals surface area contributed by atoms with E-state index in [0.29, 0.717) is 0 Å². The van der Waals surface area contributed by atoms with E-state index in [2.05, 4.69) is 4.98 Å². The Morgan fingerprint density at radius 3 is 3.00 bits per heavy atom. The van der Waals surface area contributed by atoms with E-state index in [1.165, 1.54) is 6.08 Å². The summed E-state index contributed by atoms with van der Waals surface area (Å²) in [4.78, 5) is 15.1. The third kappa shape index (κ3) is 2.07. The third-order valence-electron chi connectivity index (χ3n) is 2.20. The molecule has 2 N–H and O–H groups in total. The molecule has 4 nitrogen and oxygen atoms in total. The summed E-state index contributed by atoms with van der Waals surface area (Å²) >= 11 is 0. The number of nitrogens with zero attached hydrogens (tertiary/aromatic N) is 1. The minimum absolute atomic E-state index is 0.555. The molecule has 0 spiro atoms. The molecular weight excluding hydrogens is 204 g/mol. The maximum atomic E-state index is 10.9. The Bertz CT molecular complexity index is 544. The van der Waals surface area contributed by atoms with Gasteiger partial charge in [-0.25, -0.2) is 5.48 Å². The highest BCUT2D eigenvalue weighted by molar-refractivity contribution is 5.95. The molecule has 0 unspecified atom stereocenters.